The first-order chi connectivity index (χ1) is 10.6. The quantitative estimate of drug-likeness (QED) is 0.824. The fraction of sp³-hybridized carbons (Fsp3) is 0.250. The van der Waals surface area contributed by atoms with E-state index in [-0.39, 0.29) is 11.9 Å². The van der Waals surface area contributed by atoms with Crippen molar-refractivity contribution in [3.05, 3.63) is 54.4 Å². The van der Waals surface area contributed by atoms with E-state index in [1.165, 1.54) is 0 Å². The molecule has 1 heterocycles. The molecule has 0 bridgehead atoms. The van der Waals surface area contributed by atoms with Gasteiger partial charge in [0.1, 0.15) is 6.04 Å². The minimum Gasteiger partial charge on any atom is -0.366 e. The van der Waals surface area contributed by atoms with Crippen molar-refractivity contribution >= 4 is 29.3 Å². The summed E-state index contributed by atoms with van der Waals surface area (Å²) in [5.41, 5.74) is 6.27. The fourth-order valence-corrected chi connectivity index (χ4v) is 2.60. The molecule has 0 fully saturated rings. The maximum absolute atomic E-state index is 12.5. The number of hydrogen-bond donors (Lipinski definition) is 2. The summed E-state index contributed by atoms with van der Waals surface area (Å²) in [6.07, 6.45) is 6.55. The summed E-state index contributed by atoms with van der Waals surface area (Å²) in [4.78, 5) is 23.5. The average Bonchev–Trinajstić information content (AvgIpc) is 3.02. The number of anilines is 1. The number of benzene rings is 1. The van der Waals surface area contributed by atoms with Gasteiger partial charge in [-0.1, -0.05) is 0 Å². The molecule has 22 heavy (non-hydrogen) atoms. The molecule has 2 rings (SSSR count). The first kappa shape index (κ1) is 16.2. The first-order valence-corrected chi connectivity index (χ1v) is 8.33. The number of nitrogens with zero attached hydrogens (tertiary/aromatic N) is 1. The lowest BCUT2D eigenvalue weighted by molar-refractivity contribution is -0.119. The molecule has 5 nitrogen and oxygen atoms in total. The zero-order valence-electron chi connectivity index (χ0n) is 12.4. The number of carbonyl (C=O) groups is 2. The zero-order valence-corrected chi connectivity index (χ0v) is 13.2. The Labute approximate surface area is 133 Å². The predicted molar refractivity (Wildman–Crippen MR) is 90.1 cm³/mol. The highest BCUT2D eigenvalue weighted by Crippen LogP contribution is 2.18. The summed E-state index contributed by atoms with van der Waals surface area (Å²) in [6, 6.07) is 10.1. The molecule has 0 aliphatic rings. The Bertz CT molecular complexity index is 623. The van der Waals surface area contributed by atoms with Gasteiger partial charge in [0.2, 0.25) is 11.8 Å². The van der Waals surface area contributed by atoms with Crippen LogP contribution in [0, 0.1) is 0 Å². The Kier molecular flexibility index (Phi) is 5.66. The number of thioether (sulfide) groups is 1. The summed E-state index contributed by atoms with van der Waals surface area (Å²) in [5.74, 6) is 0.344. The van der Waals surface area contributed by atoms with Gasteiger partial charge in [0.15, 0.2) is 0 Å². The van der Waals surface area contributed by atoms with Gasteiger partial charge in [-0.2, -0.15) is 11.8 Å². The van der Waals surface area contributed by atoms with Crippen molar-refractivity contribution in [2.24, 2.45) is 5.73 Å². The van der Waals surface area contributed by atoms with Crippen LogP contribution in [0.5, 0.6) is 0 Å². The van der Waals surface area contributed by atoms with E-state index in [1.54, 1.807) is 36.0 Å². The third-order valence-corrected chi connectivity index (χ3v) is 3.97. The highest BCUT2D eigenvalue weighted by molar-refractivity contribution is 7.98. The lowest BCUT2D eigenvalue weighted by atomic mass is 10.1. The van der Waals surface area contributed by atoms with Gasteiger partial charge in [-0.25, -0.2) is 0 Å². The van der Waals surface area contributed by atoms with Gasteiger partial charge in [0, 0.05) is 23.6 Å². The third kappa shape index (κ3) is 4.14. The Balaban J connectivity index is 2.08. The maximum atomic E-state index is 12.5. The first-order valence-electron chi connectivity index (χ1n) is 6.94. The zero-order chi connectivity index (χ0) is 15.9. The van der Waals surface area contributed by atoms with Crippen molar-refractivity contribution in [3.8, 4) is 0 Å². The molecule has 2 aromatic rings. The molecule has 0 unspecified atom stereocenters. The summed E-state index contributed by atoms with van der Waals surface area (Å²) < 4.78 is 1.91. The summed E-state index contributed by atoms with van der Waals surface area (Å²) >= 11 is 1.71. The maximum Gasteiger partial charge on any atom is 0.248 e. The predicted octanol–water partition coefficient (Wildman–Crippen LogP) is 2.52. The van der Waals surface area contributed by atoms with E-state index in [1.807, 2.05) is 35.3 Å². The molecule has 116 valence electrons. The van der Waals surface area contributed by atoms with Gasteiger partial charge < -0.3 is 15.6 Å². The molecule has 6 heteroatoms. The number of amides is 2. The van der Waals surface area contributed by atoms with Crippen LogP contribution in [0.25, 0.3) is 0 Å². The molecular weight excluding hydrogens is 298 g/mol. The van der Waals surface area contributed by atoms with E-state index in [0.717, 1.165) is 12.2 Å². The van der Waals surface area contributed by atoms with E-state index in [4.69, 9.17) is 5.73 Å². The minimum absolute atomic E-state index is 0.0722. The van der Waals surface area contributed by atoms with Gasteiger partial charge in [-0.15, -0.1) is 0 Å². The summed E-state index contributed by atoms with van der Waals surface area (Å²) in [7, 11) is 0. The van der Waals surface area contributed by atoms with E-state index < -0.39 is 5.91 Å². The van der Waals surface area contributed by atoms with E-state index in [0.29, 0.717) is 11.3 Å². The SMILES string of the molecule is CSCC[C@H](C(=O)Nc1ccc(C(N)=O)cc1)n1cccc1. The Morgan fingerprint density at radius 3 is 2.41 bits per heavy atom. The normalized spacial score (nSPS) is 11.9. The summed E-state index contributed by atoms with van der Waals surface area (Å²) in [5, 5.41) is 2.88. The van der Waals surface area contributed by atoms with Crippen molar-refractivity contribution in [1.82, 2.24) is 4.57 Å². The standard InChI is InChI=1S/C16H19N3O2S/c1-22-11-8-14(19-9-2-3-10-19)16(21)18-13-6-4-12(5-7-13)15(17)20/h2-7,9-10,14H,8,11H2,1H3,(H2,17,20)(H,18,21)/t14-/m1/s1. The third-order valence-electron chi connectivity index (χ3n) is 3.32. The fourth-order valence-electron chi connectivity index (χ4n) is 2.14. The number of primary amides is 1. The van der Waals surface area contributed by atoms with E-state index >= 15 is 0 Å². The smallest absolute Gasteiger partial charge is 0.248 e. The average molecular weight is 317 g/mol. The number of rotatable bonds is 7. The van der Waals surface area contributed by atoms with Gasteiger partial charge >= 0.3 is 0 Å². The van der Waals surface area contributed by atoms with Gasteiger partial charge in [-0.3, -0.25) is 9.59 Å². The van der Waals surface area contributed by atoms with Gasteiger partial charge in [0.25, 0.3) is 0 Å². The summed E-state index contributed by atoms with van der Waals surface area (Å²) in [6.45, 7) is 0. The molecule has 3 N–H and O–H groups in total. The van der Waals surface area contributed by atoms with Crippen LogP contribution in [-0.2, 0) is 4.79 Å². The van der Waals surface area contributed by atoms with Gasteiger partial charge in [0.05, 0.1) is 0 Å². The van der Waals surface area contributed by atoms with Crippen molar-refractivity contribution in [2.45, 2.75) is 12.5 Å². The van der Waals surface area contributed by atoms with Crippen LogP contribution in [0.4, 0.5) is 5.69 Å². The molecule has 2 amide bonds. The topological polar surface area (TPSA) is 77.1 Å². The van der Waals surface area contributed by atoms with Crippen molar-refractivity contribution in [3.63, 3.8) is 0 Å². The second kappa shape index (κ2) is 7.70. The number of nitrogens with two attached hydrogens (primary N) is 1. The monoisotopic (exact) mass is 317 g/mol. The minimum atomic E-state index is -0.483. The van der Waals surface area contributed by atoms with Crippen molar-refractivity contribution < 1.29 is 9.59 Å². The molecule has 0 saturated heterocycles. The van der Waals surface area contributed by atoms with Crippen molar-refractivity contribution in [1.29, 1.82) is 0 Å². The van der Waals surface area contributed by atoms with Crippen LogP contribution in [0.15, 0.2) is 48.8 Å². The number of carbonyl (C=O) groups excluding carboxylic acids is 2. The van der Waals surface area contributed by atoms with E-state index in [9.17, 15) is 9.59 Å². The lowest BCUT2D eigenvalue weighted by Gasteiger charge is -2.18. The van der Waals surface area contributed by atoms with Crippen molar-refractivity contribution in [2.75, 3.05) is 17.3 Å². The molecule has 0 aliphatic carbocycles. The Morgan fingerprint density at radius 2 is 1.86 bits per heavy atom. The van der Waals surface area contributed by atoms with Crippen LogP contribution in [0.3, 0.4) is 0 Å². The number of aromatic nitrogens is 1. The lowest BCUT2D eigenvalue weighted by Crippen LogP contribution is -2.26. The van der Waals surface area contributed by atoms with Gasteiger partial charge in [-0.05, 0) is 54.8 Å². The molecule has 0 saturated carbocycles. The van der Waals surface area contributed by atoms with Crippen LogP contribution < -0.4 is 11.1 Å². The number of hydrogen-bond acceptors (Lipinski definition) is 3. The van der Waals surface area contributed by atoms with Crippen LogP contribution in [-0.4, -0.2) is 28.4 Å². The largest absolute Gasteiger partial charge is 0.366 e. The Morgan fingerprint density at radius 1 is 1.23 bits per heavy atom. The van der Waals surface area contributed by atoms with Crippen LogP contribution >= 0.6 is 11.8 Å². The highest BCUT2D eigenvalue weighted by Gasteiger charge is 2.19. The molecule has 1 aromatic heterocycles. The molecule has 0 aliphatic heterocycles. The second-order valence-electron chi connectivity index (χ2n) is 4.86. The second-order valence-corrected chi connectivity index (χ2v) is 5.84. The molecule has 1 atom stereocenters. The van der Waals surface area contributed by atoms with Crippen LogP contribution in [0.2, 0.25) is 0 Å². The Hall–Kier alpha value is -2.21. The molecule has 0 spiro atoms. The highest BCUT2D eigenvalue weighted by atomic mass is 32.2. The number of nitrogens with one attached hydrogen (secondary N) is 1. The van der Waals surface area contributed by atoms with E-state index in [2.05, 4.69) is 5.32 Å². The molecule has 1 aromatic carbocycles. The van der Waals surface area contributed by atoms with Crippen LogP contribution in [0.1, 0.15) is 22.8 Å². The molecule has 0 radical (unpaired) electrons. The molecular formula is C16H19N3O2S.